The lowest BCUT2D eigenvalue weighted by molar-refractivity contribution is 0.0979. The summed E-state index contributed by atoms with van der Waals surface area (Å²) < 4.78 is 26.4. The first-order chi connectivity index (χ1) is 10.6. The van der Waals surface area contributed by atoms with E-state index >= 15 is 0 Å². The fraction of sp³-hybridized carbons (Fsp3) is 0.176. The number of alkyl halides is 2. The van der Waals surface area contributed by atoms with E-state index in [1.54, 1.807) is 31.2 Å². The highest BCUT2D eigenvalue weighted by atomic mass is 19.3. The van der Waals surface area contributed by atoms with Gasteiger partial charge in [0.15, 0.2) is 11.6 Å². The van der Waals surface area contributed by atoms with Gasteiger partial charge in [-0.2, -0.15) is 0 Å². The van der Waals surface area contributed by atoms with Gasteiger partial charge in [0, 0.05) is 28.8 Å². The molecule has 2 aromatic carbocycles. The van der Waals surface area contributed by atoms with E-state index in [1.807, 2.05) is 0 Å². The van der Waals surface area contributed by atoms with Crippen LogP contribution in [0.1, 0.15) is 50.8 Å². The molecule has 0 bridgehead atoms. The van der Waals surface area contributed by atoms with Crippen LogP contribution in [0.4, 0.5) is 14.5 Å². The SMILES string of the molecule is CCNc1c(C(F)F)ccc2c1C(=O)c1ccccc1C2=O. The largest absolute Gasteiger partial charge is 0.384 e. The van der Waals surface area contributed by atoms with E-state index in [-0.39, 0.29) is 33.7 Å². The molecule has 0 aliphatic heterocycles. The zero-order valence-electron chi connectivity index (χ0n) is 11.8. The number of nitrogens with one attached hydrogen (secondary N) is 1. The van der Waals surface area contributed by atoms with Crippen molar-refractivity contribution in [2.45, 2.75) is 13.3 Å². The van der Waals surface area contributed by atoms with E-state index in [1.165, 1.54) is 12.1 Å². The average molecular weight is 301 g/mol. The molecule has 0 aromatic heterocycles. The molecule has 0 saturated heterocycles. The topological polar surface area (TPSA) is 46.2 Å². The molecule has 0 unspecified atom stereocenters. The number of hydrogen-bond donors (Lipinski definition) is 1. The summed E-state index contributed by atoms with van der Waals surface area (Å²) in [6.07, 6.45) is -2.72. The second kappa shape index (κ2) is 5.33. The van der Waals surface area contributed by atoms with Crippen LogP contribution in [0, 0.1) is 0 Å². The fourth-order valence-electron chi connectivity index (χ4n) is 2.75. The second-order valence-electron chi connectivity index (χ2n) is 4.99. The molecule has 0 fully saturated rings. The van der Waals surface area contributed by atoms with Gasteiger partial charge in [-0.1, -0.05) is 30.3 Å². The fourth-order valence-corrected chi connectivity index (χ4v) is 2.75. The average Bonchev–Trinajstić information content (AvgIpc) is 2.52. The molecule has 5 heteroatoms. The molecule has 0 atom stereocenters. The zero-order valence-corrected chi connectivity index (χ0v) is 11.8. The number of carbonyl (C=O) groups is 2. The van der Waals surface area contributed by atoms with Gasteiger partial charge in [0.05, 0.1) is 11.3 Å². The van der Waals surface area contributed by atoms with E-state index < -0.39 is 12.2 Å². The minimum atomic E-state index is -2.72. The van der Waals surface area contributed by atoms with Gasteiger partial charge in [-0.15, -0.1) is 0 Å². The Hall–Kier alpha value is -2.56. The first-order valence-electron chi connectivity index (χ1n) is 6.93. The van der Waals surface area contributed by atoms with Crippen LogP contribution in [0.5, 0.6) is 0 Å². The first kappa shape index (κ1) is 14.4. The number of halogens is 2. The lowest BCUT2D eigenvalue weighted by Crippen LogP contribution is -2.23. The summed E-state index contributed by atoms with van der Waals surface area (Å²) in [5, 5.41) is 2.81. The molecule has 22 heavy (non-hydrogen) atoms. The number of anilines is 1. The Labute approximate surface area is 126 Å². The van der Waals surface area contributed by atoms with E-state index in [4.69, 9.17) is 0 Å². The van der Waals surface area contributed by atoms with Crippen molar-refractivity contribution < 1.29 is 18.4 Å². The Morgan fingerprint density at radius 2 is 1.59 bits per heavy atom. The number of ketones is 2. The van der Waals surface area contributed by atoms with Crippen LogP contribution in [-0.4, -0.2) is 18.1 Å². The van der Waals surface area contributed by atoms with Gasteiger partial charge in [-0.25, -0.2) is 8.78 Å². The van der Waals surface area contributed by atoms with Gasteiger partial charge in [-0.3, -0.25) is 9.59 Å². The molecule has 3 rings (SSSR count). The highest BCUT2D eigenvalue weighted by Gasteiger charge is 2.33. The van der Waals surface area contributed by atoms with Crippen molar-refractivity contribution in [3.63, 3.8) is 0 Å². The van der Waals surface area contributed by atoms with Crippen molar-refractivity contribution in [1.82, 2.24) is 0 Å². The summed E-state index contributed by atoms with van der Waals surface area (Å²) in [6.45, 7) is 2.12. The molecule has 112 valence electrons. The van der Waals surface area contributed by atoms with Gasteiger partial charge in [0.2, 0.25) is 0 Å². The quantitative estimate of drug-likeness (QED) is 0.799. The normalized spacial score (nSPS) is 13.1. The summed E-state index contributed by atoms with van der Waals surface area (Å²) in [4.78, 5) is 25.2. The van der Waals surface area contributed by atoms with Crippen molar-refractivity contribution in [2.24, 2.45) is 0 Å². The summed E-state index contributed by atoms with van der Waals surface area (Å²) >= 11 is 0. The van der Waals surface area contributed by atoms with Gasteiger partial charge in [-0.05, 0) is 13.0 Å². The summed E-state index contributed by atoms with van der Waals surface area (Å²) in [6, 6.07) is 8.97. The van der Waals surface area contributed by atoms with E-state index in [0.717, 1.165) is 0 Å². The number of hydrogen-bond acceptors (Lipinski definition) is 3. The van der Waals surface area contributed by atoms with Crippen molar-refractivity contribution in [3.8, 4) is 0 Å². The molecule has 2 aromatic rings. The van der Waals surface area contributed by atoms with Crippen molar-refractivity contribution >= 4 is 17.3 Å². The summed E-state index contributed by atoms with van der Waals surface area (Å²) in [5.41, 5.74) is 0.578. The Morgan fingerprint density at radius 3 is 2.18 bits per heavy atom. The van der Waals surface area contributed by atoms with Gasteiger partial charge in [0.25, 0.3) is 6.43 Å². The Bertz CT molecular complexity index is 784. The van der Waals surface area contributed by atoms with E-state index in [2.05, 4.69) is 5.32 Å². The molecule has 1 aliphatic carbocycles. The minimum absolute atomic E-state index is 0.0448. The molecular formula is C17H13F2NO2. The second-order valence-corrected chi connectivity index (χ2v) is 4.99. The van der Waals surface area contributed by atoms with Crippen LogP contribution in [-0.2, 0) is 0 Å². The lowest BCUT2D eigenvalue weighted by atomic mass is 9.82. The third-order valence-electron chi connectivity index (χ3n) is 3.71. The molecule has 0 spiro atoms. The Kier molecular flexibility index (Phi) is 3.48. The van der Waals surface area contributed by atoms with E-state index in [0.29, 0.717) is 12.1 Å². The lowest BCUT2D eigenvalue weighted by Gasteiger charge is -2.22. The van der Waals surface area contributed by atoms with Crippen LogP contribution in [0.3, 0.4) is 0 Å². The predicted octanol–water partition coefficient (Wildman–Crippen LogP) is 3.83. The Balaban J connectivity index is 2.30. The van der Waals surface area contributed by atoms with Crippen LogP contribution >= 0.6 is 0 Å². The molecule has 0 amide bonds. The molecule has 1 N–H and O–H groups in total. The standard InChI is InChI=1S/C17H13F2NO2/c1-2-20-14-12(17(18)19)8-7-11-13(14)16(22)10-6-4-3-5-9(10)15(11)21/h3-8,17,20H,2H2,1H3. The summed E-state index contributed by atoms with van der Waals surface area (Å²) in [7, 11) is 0. The number of fused-ring (bicyclic) bond motifs is 2. The minimum Gasteiger partial charge on any atom is -0.384 e. The molecule has 0 saturated carbocycles. The highest BCUT2D eigenvalue weighted by molar-refractivity contribution is 6.30. The van der Waals surface area contributed by atoms with Crippen molar-refractivity contribution in [1.29, 1.82) is 0 Å². The van der Waals surface area contributed by atoms with Crippen molar-refractivity contribution in [2.75, 3.05) is 11.9 Å². The maximum atomic E-state index is 13.2. The van der Waals surface area contributed by atoms with Crippen LogP contribution < -0.4 is 5.32 Å². The monoisotopic (exact) mass is 301 g/mol. The summed E-state index contributed by atoms with van der Waals surface area (Å²) in [5.74, 6) is -0.714. The maximum Gasteiger partial charge on any atom is 0.265 e. The third kappa shape index (κ3) is 2.01. The molecular weight excluding hydrogens is 288 g/mol. The third-order valence-corrected chi connectivity index (χ3v) is 3.71. The van der Waals surface area contributed by atoms with Gasteiger partial charge >= 0.3 is 0 Å². The number of carbonyl (C=O) groups excluding carboxylic acids is 2. The van der Waals surface area contributed by atoms with E-state index in [9.17, 15) is 18.4 Å². The Morgan fingerprint density at radius 1 is 0.955 bits per heavy atom. The van der Waals surface area contributed by atoms with Crippen molar-refractivity contribution in [3.05, 3.63) is 64.2 Å². The zero-order chi connectivity index (χ0) is 15.9. The maximum absolute atomic E-state index is 13.2. The predicted molar refractivity (Wildman–Crippen MR) is 78.9 cm³/mol. The van der Waals surface area contributed by atoms with Crippen LogP contribution in [0.15, 0.2) is 36.4 Å². The number of benzene rings is 2. The molecule has 0 radical (unpaired) electrons. The smallest absolute Gasteiger partial charge is 0.265 e. The number of rotatable bonds is 3. The van der Waals surface area contributed by atoms with Gasteiger partial charge < -0.3 is 5.32 Å². The highest BCUT2D eigenvalue weighted by Crippen LogP contribution is 2.37. The van der Waals surface area contributed by atoms with Gasteiger partial charge in [0.1, 0.15) is 0 Å². The molecule has 3 nitrogen and oxygen atoms in total. The molecule has 0 heterocycles. The molecule has 1 aliphatic rings. The first-order valence-corrected chi connectivity index (χ1v) is 6.93. The van der Waals surface area contributed by atoms with Crippen LogP contribution in [0.25, 0.3) is 0 Å². The van der Waals surface area contributed by atoms with Crippen LogP contribution in [0.2, 0.25) is 0 Å².